The third-order valence-electron chi connectivity index (χ3n) is 5.65. The predicted octanol–water partition coefficient (Wildman–Crippen LogP) is 5.02. The molecule has 0 radical (unpaired) electrons. The molecule has 3 heterocycles. The van der Waals surface area contributed by atoms with E-state index in [2.05, 4.69) is 53.8 Å². The topological polar surface area (TPSA) is 115 Å². The van der Waals surface area contributed by atoms with E-state index >= 15 is 0 Å². The van der Waals surface area contributed by atoms with E-state index in [1.165, 1.54) is 11.1 Å². The molecule has 3 aromatic heterocycles. The molecule has 0 amide bonds. The molecule has 0 fully saturated rings. The summed E-state index contributed by atoms with van der Waals surface area (Å²) in [4.78, 5) is 22.3. The van der Waals surface area contributed by atoms with Crippen LogP contribution >= 0.6 is 0 Å². The monoisotopic (exact) mass is 450 g/mol. The van der Waals surface area contributed by atoms with E-state index in [0.717, 1.165) is 36.3 Å². The summed E-state index contributed by atoms with van der Waals surface area (Å²) in [5.74, 6) is 2.30. The van der Waals surface area contributed by atoms with Crippen LogP contribution in [0.5, 0.6) is 0 Å². The Balaban J connectivity index is 1.28. The van der Waals surface area contributed by atoms with Gasteiger partial charge in [0.25, 0.3) is 0 Å². The van der Waals surface area contributed by atoms with E-state index < -0.39 is 0 Å². The van der Waals surface area contributed by atoms with Crippen molar-refractivity contribution in [3.63, 3.8) is 0 Å². The number of anilines is 4. The minimum absolute atomic E-state index is 0.288. The van der Waals surface area contributed by atoms with Crippen molar-refractivity contribution in [1.82, 2.24) is 24.9 Å². The lowest BCUT2D eigenvalue weighted by Gasteiger charge is -2.18. The molecule has 4 aromatic rings. The first kappa shape index (κ1) is 21.7. The number of pyridine rings is 1. The Morgan fingerprint density at radius 2 is 1.65 bits per heavy atom. The minimum Gasteiger partial charge on any atom is -0.327 e. The maximum Gasteiger partial charge on any atom is 0.229 e. The van der Waals surface area contributed by atoms with Gasteiger partial charge in [0.1, 0.15) is 17.3 Å². The molecule has 1 unspecified atom stereocenters. The average Bonchev–Trinajstić information content (AvgIpc) is 2.86. The summed E-state index contributed by atoms with van der Waals surface area (Å²) in [6, 6.07) is 18.0. The largest absolute Gasteiger partial charge is 0.327 e. The number of hydrogen-bond donors (Lipinski definition) is 3. The van der Waals surface area contributed by atoms with Crippen molar-refractivity contribution in [3.8, 4) is 11.5 Å². The highest BCUT2D eigenvalue weighted by molar-refractivity contribution is 5.69. The zero-order valence-corrected chi connectivity index (χ0v) is 18.9. The molecule has 0 spiro atoms. The maximum atomic E-state index is 6.00. The van der Waals surface area contributed by atoms with E-state index in [4.69, 9.17) is 5.73 Å². The molecular formula is C26H26N8. The second-order valence-electron chi connectivity index (χ2n) is 8.29. The lowest BCUT2D eigenvalue weighted by atomic mass is 9.91. The standard InChI is InChI=1S/C26H26N8/c1-17-3-2-4-22(30-17)25-28-15-13-23(33-25)32-24-14-16-29-26(34-24)31-21-11-7-19(8-12-21)18-5-9-20(27)10-6-18/h2-5,7-8,11-16,20H,6,9-10,27H2,1H3,(H2,28,29,31,32,33,34). The highest BCUT2D eigenvalue weighted by atomic mass is 15.2. The number of rotatable bonds is 6. The molecule has 1 aliphatic carbocycles. The normalized spacial score (nSPS) is 15.5. The molecule has 4 N–H and O–H groups in total. The maximum absolute atomic E-state index is 6.00. The van der Waals surface area contributed by atoms with Gasteiger partial charge in [-0.25, -0.2) is 19.9 Å². The van der Waals surface area contributed by atoms with Gasteiger partial charge in [-0.15, -0.1) is 0 Å². The van der Waals surface area contributed by atoms with Gasteiger partial charge in [0, 0.05) is 29.8 Å². The predicted molar refractivity (Wildman–Crippen MR) is 135 cm³/mol. The SMILES string of the molecule is Cc1cccc(-c2nccc(Nc3ccnc(Nc4ccc(C5=CCC(N)CC5)cc4)n3)n2)n1. The van der Waals surface area contributed by atoms with Gasteiger partial charge in [-0.1, -0.05) is 24.3 Å². The van der Waals surface area contributed by atoms with Crippen molar-refractivity contribution in [2.45, 2.75) is 32.2 Å². The van der Waals surface area contributed by atoms with Gasteiger partial charge < -0.3 is 16.4 Å². The first-order chi connectivity index (χ1) is 16.6. The highest BCUT2D eigenvalue weighted by Crippen LogP contribution is 2.27. The Labute approximate surface area is 198 Å². The van der Waals surface area contributed by atoms with E-state index in [0.29, 0.717) is 23.4 Å². The molecule has 0 saturated heterocycles. The van der Waals surface area contributed by atoms with Crippen molar-refractivity contribution < 1.29 is 0 Å². The number of nitrogens with two attached hydrogens (primary N) is 1. The number of allylic oxidation sites excluding steroid dienone is 1. The van der Waals surface area contributed by atoms with Gasteiger partial charge in [0.2, 0.25) is 5.95 Å². The molecular weight excluding hydrogens is 424 g/mol. The van der Waals surface area contributed by atoms with Crippen molar-refractivity contribution in [1.29, 1.82) is 0 Å². The molecule has 1 atom stereocenters. The number of aryl methyl sites for hydroxylation is 1. The number of nitrogens with one attached hydrogen (secondary N) is 2. The molecule has 5 rings (SSSR count). The lowest BCUT2D eigenvalue weighted by Crippen LogP contribution is -2.21. The fraction of sp³-hybridized carbons (Fsp3) is 0.192. The van der Waals surface area contributed by atoms with Crippen molar-refractivity contribution in [2.75, 3.05) is 10.6 Å². The fourth-order valence-electron chi connectivity index (χ4n) is 3.85. The third kappa shape index (κ3) is 5.24. The van der Waals surface area contributed by atoms with Gasteiger partial charge in [0.05, 0.1) is 0 Å². The van der Waals surface area contributed by atoms with Crippen molar-refractivity contribution in [2.24, 2.45) is 5.73 Å². The van der Waals surface area contributed by atoms with Crippen LogP contribution in [0.3, 0.4) is 0 Å². The van der Waals surface area contributed by atoms with Crippen molar-refractivity contribution >= 4 is 28.8 Å². The Morgan fingerprint density at radius 3 is 2.41 bits per heavy atom. The quantitative estimate of drug-likeness (QED) is 0.375. The van der Waals surface area contributed by atoms with Crippen LogP contribution in [0.4, 0.5) is 23.3 Å². The van der Waals surface area contributed by atoms with Crippen LogP contribution < -0.4 is 16.4 Å². The number of benzene rings is 1. The molecule has 0 aliphatic heterocycles. The Morgan fingerprint density at radius 1 is 0.853 bits per heavy atom. The van der Waals surface area contributed by atoms with Crippen LogP contribution in [0, 0.1) is 6.92 Å². The average molecular weight is 451 g/mol. The van der Waals surface area contributed by atoms with Crippen LogP contribution in [0.15, 0.2) is 73.1 Å². The summed E-state index contributed by atoms with van der Waals surface area (Å²) in [7, 11) is 0. The Kier molecular flexibility index (Phi) is 6.22. The molecule has 34 heavy (non-hydrogen) atoms. The summed E-state index contributed by atoms with van der Waals surface area (Å²) in [5.41, 5.74) is 11.2. The molecule has 8 nitrogen and oxygen atoms in total. The van der Waals surface area contributed by atoms with Crippen LogP contribution in [-0.2, 0) is 0 Å². The summed E-state index contributed by atoms with van der Waals surface area (Å²) in [6.07, 6.45) is 8.66. The summed E-state index contributed by atoms with van der Waals surface area (Å²) >= 11 is 0. The van der Waals surface area contributed by atoms with Gasteiger partial charge in [-0.2, -0.15) is 4.98 Å². The molecule has 170 valence electrons. The molecule has 1 aliphatic rings. The molecule has 8 heteroatoms. The summed E-state index contributed by atoms with van der Waals surface area (Å²) in [6.45, 7) is 1.94. The highest BCUT2D eigenvalue weighted by Gasteiger charge is 2.12. The zero-order valence-electron chi connectivity index (χ0n) is 18.9. The van der Waals surface area contributed by atoms with Crippen LogP contribution in [0.25, 0.3) is 17.1 Å². The Bertz CT molecular complexity index is 1320. The van der Waals surface area contributed by atoms with E-state index in [-0.39, 0.29) is 6.04 Å². The van der Waals surface area contributed by atoms with E-state index in [9.17, 15) is 0 Å². The summed E-state index contributed by atoms with van der Waals surface area (Å²) < 4.78 is 0. The smallest absolute Gasteiger partial charge is 0.229 e. The number of hydrogen-bond acceptors (Lipinski definition) is 8. The molecule has 1 aromatic carbocycles. The minimum atomic E-state index is 0.288. The third-order valence-corrected chi connectivity index (χ3v) is 5.65. The van der Waals surface area contributed by atoms with Crippen LogP contribution in [-0.4, -0.2) is 31.0 Å². The van der Waals surface area contributed by atoms with Gasteiger partial charge in [-0.05, 0) is 73.7 Å². The molecule has 0 saturated carbocycles. The summed E-state index contributed by atoms with van der Waals surface area (Å²) in [5, 5.41) is 6.49. The van der Waals surface area contributed by atoms with Crippen LogP contribution in [0.1, 0.15) is 30.5 Å². The van der Waals surface area contributed by atoms with E-state index in [1.807, 2.05) is 37.3 Å². The first-order valence-corrected chi connectivity index (χ1v) is 11.3. The first-order valence-electron chi connectivity index (χ1n) is 11.3. The zero-order chi connectivity index (χ0) is 23.3. The van der Waals surface area contributed by atoms with Crippen molar-refractivity contribution in [3.05, 3.63) is 84.3 Å². The second kappa shape index (κ2) is 9.76. The van der Waals surface area contributed by atoms with E-state index in [1.54, 1.807) is 24.5 Å². The fourth-order valence-corrected chi connectivity index (χ4v) is 3.85. The van der Waals surface area contributed by atoms with Gasteiger partial charge >= 0.3 is 0 Å². The van der Waals surface area contributed by atoms with Gasteiger partial charge in [-0.3, -0.25) is 0 Å². The van der Waals surface area contributed by atoms with Gasteiger partial charge in [0.15, 0.2) is 5.82 Å². The lowest BCUT2D eigenvalue weighted by molar-refractivity contribution is 0.614. The molecule has 0 bridgehead atoms. The van der Waals surface area contributed by atoms with Crippen LogP contribution in [0.2, 0.25) is 0 Å². The number of aromatic nitrogens is 5. The number of nitrogens with zero attached hydrogens (tertiary/aromatic N) is 5. The second-order valence-corrected chi connectivity index (χ2v) is 8.29. The Hall–Kier alpha value is -4.17.